The standard InChI is InChI=1S/C22H17N/c1-3-9-19(10-4-1)15-16-20-11-7-8-12-21(20)17-18-23-22-13-5-2-6-14-22/h1-14,17-18,23H/b18-17+. The van der Waals surface area contributed by atoms with Gasteiger partial charge in [-0.15, -0.1) is 0 Å². The van der Waals surface area contributed by atoms with Crippen LogP contribution in [0.2, 0.25) is 0 Å². The Hall–Kier alpha value is -3.24. The summed E-state index contributed by atoms with van der Waals surface area (Å²) in [7, 11) is 0. The molecule has 110 valence electrons. The molecule has 1 nitrogen and oxygen atoms in total. The van der Waals surface area contributed by atoms with Gasteiger partial charge in [0.25, 0.3) is 0 Å². The molecule has 1 heteroatoms. The van der Waals surface area contributed by atoms with Gasteiger partial charge in [0.1, 0.15) is 0 Å². The fraction of sp³-hybridized carbons (Fsp3) is 0. The van der Waals surface area contributed by atoms with Crippen molar-refractivity contribution in [2.45, 2.75) is 0 Å². The Balaban J connectivity index is 1.77. The van der Waals surface area contributed by atoms with Gasteiger partial charge in [-0.25, -0.2) is 0 Å². The summed E-state index contributed by atoms with van der Waals surface area (Å²) in [5, 5.41) is 3.27. The molecule has 0 aromatic heterocycles. The first-order chi connectivity index (χ1) is 11.4. The second-order valence-electron chi connectivity index (χ2n) is 5.05. The van der Waals surface area contributed by atoms with Crippen molar-refractivity contribution in [3.05, 3.63) is 108 Å². The van der Waals surface area contributed by atoms with Gasteiger partial charge in [0, 0.05) is 23.0 Å². The van der Waals surface area contributed by atoms with Crippen molar-refractivity contribution < 1.29 is 0 Å². The number of para-hydroxylation sites is 1. The largest absolute Gasteiger partial charge is 0.362 e. The van der Waals surface area contributed by atoms with E-state index in [-0.39, 0.29) is 0 Å². The van der Waals surface area contributed by atoms with Crippen LogP contribution in [0.4, 0.5) is 5.69 Å². The van der Waals surface area contributed by atoms with Crippen molar-refractivity contribution in [2.75, 3.05) is 5.32 Å². The minimum atomic E-state index is 1.02. The van der Waals surface area contributed by atoms with Crippen LogP contribution >= 0.6 is 0 Å². The molecule has 0 bridgehead atoms. The predicted molar refractivity (Wildman–Crippen MR) is 98.0 cm³/mol. The van der Waals surface area contributed by atoms with Gasteiger partial charge in [0.05, 0.1) is 0 Å². The average molecular weight is 295 g/mol. The minimum Gasteiger partial charge on any atom is -0.362 e. The summed E-state index contributed by atoms with van der Waals surface area (Å²) in [4.78, 5) is 0. The van der Waals surface area contributed by atoms with Gasteiger partial charge in [-0.05, 0) is 42.0 Å². The van der Waals surface area contributed by atoms with Crippen molar-refractivity contribution in [3.8, 4) is 11.8 Å². The van der Waals surface area contributed by atoms with E-state index >= 15 is 0 Å². The second-order valence-corrected chi connectivity index (χ2v) is 5.05. The summed E-state index contributed by atoms with van der Waals surface area (Å²) in [5.41, 5.74) is 4.20. The Bertz CT molecular complexity index is 837. The normalized spacial score (nSPS) is 10.1. The van der Waals surface area contributed by atoms with Crippen LogP contribution in [0.3, 0.4) is 0 Å². The maximum Gasteiger partial charge on any atom is 0.0379 e. The molecule has 0 spiro atoms. The van der Waals surface area contributed by atoms with Crippen LogP contribution in [0, 0.1) is 11.8 Å². The predicted octanol–water partition coefficient (Wildman–Crippen LogP) is 5.17. The molecule has 0 amide bonds. The Labute approximate surface area is 137 Å². The van der Waals surface area contributed by atoms with Gasteiger partial charge < -0.3 is 5.32 Å². The zero-order valence-corrected chi connectivity index (χ0v) is 12.7. The molecule has 1 N–H and O–H groups in total. The van der Waals surface area contributed by atoms with Crippen LogP contribution in [0.5, 0.6) is 0 Å². The molecule has 0 fully saturated rings. The molecular weight excluding hydrogens is 278 g/mol. The van der Waals surface area contributed by atoms with E-state index in [9.17, 15) is 0 Å². The van der Waals surface area contributed by atoms with E-state index in [2.05, 4.69) is 23.2 Å². The Morgan fingerprint density at radius 1 is 0.652 bits per heavy atom. The van der Waals surface area contributed by atoms with E-state index in [1.807, 2.05) is 91.1 Å². The lowest BCUT2D eigenvalue weighted by atomic mass is 10.1. The third kappa shape index (κ3) is 4.36. The van der Waals surface area contributed by atoms with E-state index in [4.69, 9.17) is 0 Å². The molecular formula is C22H17N. The Kier molecular flexibility index (Phi) is 4.90. The van der Waals surface area contributed by atoms with Gasteiger partial charge in [-0.3, -0.25) is 0 Å². The third-order valence-corrected chi connectivity index (χ3v) is 3.36. The average Bonchev–Trinajstić information content (AvgIpc) is 2.63. The highest BCUT2D eigenvalue weighted by Crippen LogP contribution is 2.11. The molecule has 0 unspecified atom stereocenters. The number of benzene rings is 3. The molecule has 3 aromatic rings. The van der Waals surface area contributed by atoms with Gasteiger partial charge in [-0.1, -0.05) is 66.4 Å². The van der Waals surface area contributed by atoms with Crippen LogP contribution in [0.1, 0.15) is 16.7 Å². The van der Waals surface area contributed by atoms with Crippen LogP contribution in [0.15, 0.2) is 91.1 Å². The number of anilines is 1. The molecule has 0 saturated carbocycles. The molecule has 0 atom stereocenters. The van der Waals surface area contributed by atoms with Gasteiger partial charge in [-0.2, -0.15) is 0 Å². The number of nitrogens with one attached hydrogen (secondary N) is 1. The number of hydrogen-bond donors (Lipinski definition) is 1. The van der Waals surface area contributed by atoms with E-state index in [1.165, 1.54) is 0 Å². The molecule has 0 aliphatic carbocycles. The molecule has 0 saturated heterocycles. The fourth-order valence-electron chi connectivity index (χ4n) is 2.18. The molecule has 0 heterocycles. The number of hydrogen-bond acceptors (Lipinski definition) is 1. The number of rotatable bonds is 3. The van der Waals surface area contributed by atoms with E-state index in [0.717, 1.165) is 22.4 Å². The molecule has 0 aliphatic rings. The van der Waals surface area contributed by atoms with E-state index in [0.29, 0.717) is 0 Å². The lowest BCUT2D eigenvalue weighted by Crippen LogP contribution is -1.87. The van der Waals surface area contributed by atoms with Crippen molar-refractivity contribution in [2.24, 2.45) is 0 Å². The third-order valence-electron chi connectivity index (χ3n) is 3.36. The zero-order valence-electron chi connectivity index (χ0n) is 12.7. The Morgan fingerprint density at radius 3 is 2.09 bits per heavy atom. The molecule has 0 radical (unpaired) electrons. The van der Waals surface area contributed by atoms with Crippen LogP contribution in [-0.4, -0.2) is 0 Å². The van der Waals surface area contributed by atoms with Gasteiger partial charge in [0.2, 0.25) is 0 Å². The smallest absolute Gasteiger partial charge is 0.0379 e. The van der Waals surface area contributed by atoms with Gasteiger partial charge >= 0.3 is 0 Å². The summed E-state index contributed by atoms with van der Waals surface area (Å²) in [5.74, 6) is 6.45. The first-order valence-corrected chi connectivity index (χ1v) is 7.56. The van der Waals surface area contributed by atoms with Crippen LogP contribution in [-0.2, 0) is 0 Å². The van der Waals surface area contributed by atoms with E-state index in [1.54, 1.807) is 0 Å². The lowest BCUT2D eigenvalue weighted by molar-refractivity contribution is 1.56. The molecule has 3 aromatic carbocycles. The summed E-state index contributed by atoms with van der Waals surface area (Å²) in [6, 6.07) is 28.3. The summed E-state index contributed by atoms with van der Waals surface area (Å²) in [6.45, 7) is 0. The summed E-state index contributed by atoms with van der Waals surface area (Å²) >= 11 is 0. The van der Waals surface area contributed by atoms with Crippen molar-refractivity contribution in [1.82, 2.24) is 0 Å². The lowest BCUT2D eigenvalue weighted by Gasteiger charge is -2.01. The first kappa shape index (κ1) is 14.7. The summed E-state index contributed by atoms with van der Waals surface area (Å²) in [6.07, 6.45) is 3.99. The van der Waals surface area contributed by atoms with Crippen LogP contribution in [0.25, 0.3) is 6.08 Å². The molecule has 23 heavy (non-hydrogen) atoms. The Morgan fingerprint density at radius 2 is 1.30 bits per heavy atom. The highest BCUT2D eigenvalue weighted by Gasteiger charge is 1.94. The zero-order chi connectivity index (χ0) is 15.7. The molecule has 0 aliphatic heterocycles. The van der Waals surface area contributed by atoms with Crippen molar-refractivity contribution in [3.63, 3.8) is 0 Å². The molecule has 3 rings (SSSR count). The quantitative estimate of drug-likeness (QED) is 0.657. The monoisotopic (exact) mass is 295 g/mol. The van der Waals surface area contributed by atoms with Gasteiger partial charge in [0.15, 0.2) is 0 Å². The SMILES string of the molecule is C(#Cc1ccccc1/C=C/Nc1ccccc1)c1ccccc1. The maximum atomic E-state index is 3.27. The summed E-state index contributed by atoms with van der Waals surface area (Å²) < 4.78 is 0. The maximum absolute atomic E-state index is 3.27. The topological polar surface area (TPSA) is 12.0 Å². The van der Waals surface area contributed by atoms with E-state index < -0.39 is 0 Å². The highest BCUT2D eigenvalue weighted by atomic mass is 14.8. The minimum absolute atomic E-state index is 1.02. The first-order valence-electron chi connectivity index (χ1n) is 7.56. The van der Waals surface area contributed by atoms with Crippen molar-refractivity contribution in [1.29, 1.82) is 0 Å². The highest BCUT2D eigenvalue weighted by molar-refractivity contribution is 5.62. The fourth-order valence-corrected chi connectivity index (χ4v) is 2.18. The van der Waals surface area contributed by atoms with Crippen LogP contribution < -0.4 is 5.32 Å². The second kappa shape index (κ2) is 7.68. The van der Waals surface area contributed by atoms with Crippen molar-refractivity contribution >= 4 is 11.8 Å².